The molecule has 2 amide bonds. The van der Waals surface area contributed by atoms with Crippen LogP contribution in [0.3, 0.4) is 0 Å². The number of rotatable bonds is 7. The second kappa shape index (κ2) is 8.90. The summed E-state index contributed by atoms with van der Waals surface area (Å²) >= 11 is 1.43. The number of fused-ring (bicyclic) bond motifs is 1. The maximum absolute atomic E-state index is 12.7. The highest BCUT2D eigenvalue weighted by Gasteiger charge is 2.24. The van der Waals surface area contributed by atoms with Crippen LogP contribution in [0.1, 0.15) is 35.7 Å². The van der Waals surface area contributed by atoms with Crippen LogP contribution in [0.15, 0.2) is 53.4 Å². The van der Waals surface area contributed by atoms with E-state index in [0.29, 0.717) is 17.9 Å². The van der Waals surface area contributed by atoms with Crippen molar-refractivity contribution < 1.29 is 9.59 Å². The van der Waals surface area contributed by atoms with E-state index in [2.05, 4.69) is 18.3 Å². The molecule has 0 spiro atoms. The minimum absolute atomic E-state index is 0.0690. The van der Waals surface area contributed by atoms with E-state index in [1.807, 2.05) is 47.4 Å². The van der Waals surface area contributed by atoms with Crippen molar-refractivity contribution in [1.82, 2.24) is 5.32 Å². The predicted molar refractivity (Wildman–Crippen MR) is 107 cm³/mol. The van der Waals surface area contributed by atoms with Crippen molar-refractivity contribution >= 4 is 29.3 Å². The summed E-state index contributed by atoms with van der Waals surface area (Å²) in [6.45, 7) is 3.51. The summed E-state index contributed by atoms with van der Waals surface area (Å²) < 4.78 is 0. The highest BCUT2D eigenvalue weighted by molar-refractivity contribution is 8.00. The second-order valence-corrected chi connectivity index (χ2v) is 7.34. The van der Waals surface area contributed by atoms with Crippen molar-refractivity contribution in [1.29, 1.82) is 0 Å². The second-order valence-electron chi connectivity index (χ2n) is 6.32. The molecule has 136 valence electrons. The zero-order valence-corrected chi connectivity index (χ0v) is 15.8. The van der Waals surface area contributed by atoms with Gasteiger partial charge in [0, 0.05) is 23.7 Å². The summed E-state index contributed by atoms with van der Waals surface area (Å²) in [5.74, 6) is 0.342. The van der Waals surface area contributed by atoms with Gasteiger partial charge in [0.25, 0.3) is 5.91 Å². The average Bonchev–Trinajstić information content (AvgIpc) is 3.10. The zero-order valence-electron chi connectivity index (χ0n) is 15.0. The molecule has 4 nitrogen and oxygen atoms in total. The van der Waals surface area contributed by atoms with Crippen molar-refractivity contribution in [3.63, 3.8) is 0 Å². The fourth-order valence-electron chi connectivity index (χ4n) is 3.07. The minimum atomic E-state index is -0.0690. The van der Waals surface area contributed by atoms with E-state index < -0.39 is 0 Å². The van der Waals surface area contributed by atoms with Crippen molar-refractivity contribution in [2.24, 2.45) is 0 Å². The molecule has 0 aliphatic carbocycles. The van der Waals surface area contributed by atoms with Crippen LogP contribution in [0, 0.1) is 0 Å². The summed E-state index contributed by atoms with van der Waals surface area (Å²) in [6.07, 6.45) is 2.92. The molecule has 0 radical (unpaired) electrons. The van der Waals surface area contributed by atoms with Gasteiger partial charge in [-0.1, -0.05) is 43.7 Å². The van der Waals surface area contributed by atoms with E-state index in [9.17, 15) is 9.59 Å². The Kier molecular flexibility index (Phi) is 6.34. The van der Waals surface area contributed by atoms with E-state index in [1.54, 1.807) is 0 Å². The third kappa shape index (κ3) is 4.28. The number of hydrogen-bond acceptors (Lipinski definition) is 3. The Morgan fingerprint density at radius 1 is 1.12 bits per heavy atom. The Bertz CT molecular complexity index is 791. The van der Waals surface area contributed by atoms with Gasteiger partial charge in [-0.2, -0.15) is 0 Å². The van der Waals surface area contributed by atoms with E-state index in [1.165, 1.54) is 17.3 Å². The Morgan fingerprint density at radius 2 is 1.88 bits per heavy atom. The maximum atomic E-state index is 12.7. The lowest BCUT2D eigenvalue weighted by Gasteiger charge is -2.17. The lowest BCUT2D eigenvalue weighted by molar-refractivity contribution is -0.116. The fourth-order valence-corrected chi connectivity index (χ4v) is 3.99. The van der Waals surface area contributed by atoms with Crippen molar-refractivity contribution in [2.45, 2.75) is 31.1 Å². The van der Waals surface area contributed by atoms with Crippen LogP contribution in [0.4, 0.5) is 5.69 Å². The highest BCUT2D eigenvalue weighted by atomic mass is 32.2. The molecule has 0 saturated heterocycles. The van der Waals surface area contributed by atoms with Gasteiger partial charge in [0.05, 0.1) is 11.3 Å². The number of nitrogens with zero attached hydrogens (tertiary/aromatic N) is 1. The molecule has 0 unspecified atom stereocenters. The van der Waals surface area contributed by atoms with E-state index in [0.717, 1.165) is 36.4 Å². The summed E-state index contributed by atoms with van der Waals surface area (Å²) in [4.78, 5) is 27.8. The summed E-state index contributed by atoms with van der Waals surface area (Å²) in [6, 6.07) is 15.5. The van der Waals surface area contributed by atoms with Gasteiger partial charge in [0.15, 0.2) is 0 Å². The van der Waals surface area contributed by atoms with Gasteiger partial charge in [0.1, 0.15) is 0 Å². The standard InChI is InChI=1S/C21H24N2O2S/c1-2-3-13-22-21(25)17-9-5-7-11-19(17)26-15-20(24)23-14-12-16-8-4-6-10-18(16)23/h4-11H,2-3,12-15H2,1H3,(H,22,25). The molecule has 1 heterocycles. The number of carbonyl (C=O) groups is 2. The number of benzene rings is 2. The van der Waals surface area contributed by atoms with Gasteiger partial charge in [-0.3, -0.25) is 9.59 Å². The first kappa shape index (κ1) is 18.5. The van der Waals surface area contributed by atoms with Crippen molar-refractivity contribution in [2.75, 3.05) is 23.7 Å². The number of hydrogen-bond donors (Lipinski definition) is 1. The number of amides is 2. The Labute approximate surface area is 159 Å². The normalized spacial score (nSPS) is 12.7. The zero-order chi connectivity index (χ0) is 18.4. The molecule has 3 rings (SSSR count). The fraction of sp³-hybridized carbons (Fsp3) is 0.333. The molecular weight excluding hydrogens is 344 g/mol. The van der Waals surface area contributed by atoms with E-state index in [-0.39, 0.29) is 11.8 Å². The van der Waals surface area contributed by atoms with Crippen LogP contribution < -0.4 is 10.2 Å². The van der Waals surface area contributed by atoms with Crippen LogP contribution in [0.25, 0.3) is 0 Å². The molecule has 0 saturated carbocycles. The molecule has 2 aromatic carbocycles. The van der Waals surface area contributed by atoms with E-state index in [4.69, 9.17) is 0 Å². The van der Waals surface area contributed by atoms with Crippen LogP contribution in [-0.4, -0.2) is 30.7 Å². The Morgan fingerprint density at radius 3 is 2.73 bits per heavy atom. The lowest BCUT2D eigenvalue weighted by atomic mass is 10.2. The number of anilines is 1. The van der Waals surface area contributed by atoms with Gasteiger partial charge in [0.2, 0.25) is 5.91 Å². The number of unbranched alkanes of at least 4 members (excludes halogenated alkanes) is 1. The molecule has 26 heavy (non-hydrogen) atoms. The maximum Gasteiger partial charge on any atom is 0.252 e. The lowest BCUT2D eigenvalue weighted by Crippen LogP contribution is -2.30. The molecule has 0 atom stereocenters. The number of para-hydroxylation sites is 1. The molecule has 1 N–H and O–H groups in total. The Hall–Kier alpha value is -2.27. The first-order chi connectivity index (χ1) is 12.7. The molecular formula is C21H24N2O2S. The minimum Gasteiger partial charge on any atom is -0.352 e. The SMILES string of the molecule is CCCCNC(=O)c1ccccc1SCC(=O)N1CCc2ccccc21. The highest BCUT2D eigenvalue weighted by Crippen LogP contribution is 2.29. The molecule has 1 aliphatic rings. The van der Waals surface area contributed by atoms with Gasteiger partial charge in [-0.05, 0) is 36.6 Å². The Balaban J connectivity index is 1.63. The first-order valence-electron chi connectivity index (χ1n) is 9.09. The molecule has 5 heteroatoms. The van der Waals surface area contributed by atoms with Crippen molar-refractivity contribution in [3.05, 3.63) is 59.7 Å². The molecule has 0 fully saturated rings. The largest absolute Gasteiger partial charge is 0.352 e. The molecule has 0 bridgehead atoms. The van der Waals surface area contributed by atoms with Gasteiger partial charge in [-0.25, -0.2) is 0 Å². The van der Waals surface area contributed by atoms with Gasteiger partial charge < -0.3 is 10.2 Å². The van der Waals surface area contributed by atoms with E-state index >= 15 is 0 Å². The quantitative estimate of drug-likeness (QED) is 0.596. The number of carbonyl (C=O) groups excluding carboxylic acids is 2. The smallest absolute Gasteiger partial charge is 0.252 e. The third-order valence-electron chi connectivity index (χ3n) is 4.49. The average molecular weight is 369 g/mol. The van der Waals surface area contributed by atoms with Crippen LogP contribution in [-0.2, 0) is 11.2 Å². The summed E-state index contributed by atoms with van der Waals surface area (Å²) in [5, 5.41) is 2.95. The molecule has 0 aromatic heterocycles. The van der Waals surface area contributed by atoms with Crippen molar-refractivity contribution in [3.8, 4) is 0 Å². The van der Waals surface area contributed by atoms with Crippen LogP contribution >= 0.6 is 11.8 Å². The number of thioether (sulfide) groups is 1. The molecule has 2 aromatic rings. The summed E-state index contributed by atoms with van der Waals surface area (Å²) in [7, 11) is 0. The van der Waals surface area contributed by atoms with Gasteiger partial charge >= 0.3 is 0 Å². The first-order valence-corrected chi connectivity index (χ1v) is 10.1. The topological polar surface area (TPSA) is 49.4 Å². The van der Waals surface area contributed by atoms with Crippen LogP contribution in [0.5, 0.6) is 0 Å². The van der Waals surface area contributed by atoms with Crippen LogP contribution in [0.2, 0.25) is 0 Å². The number of nitrogens with one attached hydrogen (secondary N) is 1. The third-order valence-corrected chi connectivity index (χ3v) is 5.55. The molecule has 1 aliphatic heterocycles. The summed E-state index contributed by atoms with van der Waals surface area (Å²) in [5.41, 5.74) is 2.88. The monoisotopic (exact) mass is 368 g/mol. The van der Waals surface area contributed by atoms with Gasteiger partial charge in [-0.15, -0.1) is 11.8 Å². The predicted octanol–water partition coefficient (Wildman–Crippen LogP) is 3.90.